The van der Waals surface area contributed by atoms with E-state index < -0.39 is 0 Å². The van der Waals surface area contributed by atoms with Crippen LogP contribution in [0.4, 0.5) is 5.69 Å². The van der Waals surface area contributed by atoms with Gasteiger partial charge in [0.1, 0.15) is 4.32 Å². The maximum Gasteiger partial charge on any atom is 0.139 e. The number of anilines is 1. The van der Waals surface area contributed by atoms with Gasteiger partial charge in [-0.15, -0.1) is 0 Å². The molecule has 0 aliphatic carbocycles. The quantitative estimate of drug-likeness (QED) is 0.793. The number of benzene rings is 2. The van der Waals surface area contributed by atoms with Gasteiger partial charge in [-0.3, -0.25) is 0 Å². The Bertz CT molecular complexity index is 535. The minimum absolute atomic E-state index is 0.0415. The summed E-state index contributed by atoms with van der Waals surface area (Å²) in [5.74, 6) is 0. The zero-order valence-electron chi connectivity index (χ0n) is 11.1. The van der Waals surface area contributed by atoms with Crippen molar-refractivity contribution >= 4 is 34.0 Å². The van der Waals surface area contributed by atoms with E-state index in [0.717, 1.165) is 10.0 Å². The van der Waals surface area contributed by atoms with Crippen LogP contribution in [0.25, 0.3) is 0 Å². The Kier molecular flexibility index (Phi) is 4.61. The molecule has 2 aromatic rings. The molecule has 2 aromatic carbocycles. The molecule has 19 heavy (non-hydrogen) atoms. The van der Waals surface area contributed by atoms with E-state index in [1.807, 2.05) is 36.4 Å². The third-order valence-corrected chi connectivity index (χ3v) is 4.22. The van der Waals surface area contributed by atoms with Crippen LogP contribution in [0.1, 0.15) is 19.4 Å². The monoisotopic (exact) mass is 287 g/mol. The number of hydrogen-bond donors (Lipinski definition) is 1. The third-order valence-electron chi connectivity index (χ3n) is 2.84. The largest absolute Gasteiger partial charge is 0.341 e. The smallest absolute Gasteiger partial charge is 0.139 e. The van der Waals surface area contributed by atoms with Crippen molar-refractivity contribution in [2.75, 3.05) is 5.32 Å². The number of para-hydroxylation sites is 1. The summed E-state index contributed by atoms with van der Waals surface area (Å²) in [7, 11) is 0. The summed E-state index contributed by atoms with van der Waals surface area (Å²) >= 11 is 7.11. The van der Waals surface area contributed by atoms with Crippen molar-refractivity contribution < 1.29 is 0 Å². The fourth-order valence-electron chi connectivity index (χ4n) is 1.80. The Labute approximate surface area is 124 Å². The number of nitrogens with one attached hydrogen (secondary N) is 1. The number of rotatable bonds is 3. The van der Waals surface area contributed by atoms with E-state index in [0.29, 0.717) is 0 Å². The zero-order chi connectivity index (χ0) is 13.7. The molecule has 1 nitrogen and oxygen atoms in total. The van der Waals surface area contributed by atoms with Crippen LogP contribution in [0.5, 0.6) is 0 Å². The Hall–Kier alpha value is -1.32. The summed E-state index contributed by atoms with van der Waals surface area (Å²) in [5.41, 5.74) is 2.31. The lowest BCUT2D eigenvalue weighted by atomic mass is 10.0. The number of thioether (sulfide) groups is 1. The summed E-state index contributed by atoms with van der Waals surface area (Å²) in [6.45, 7) is 4.37. The molecule has 0 bridgehead atoms. The van der Waals surface area contributed by atoms with Gasteiger partial charge in [0.05, 0.1) is 0 Å². The van der Waals surface area contributed by atoms with Crippen molar-refractivity contribution in [3.63, 3.8) is 0 Å². The van der Waals surface area contributed by atoms with Crippen LogP contribution in [0.2, 0.25) is 0 Å². The third kappa shape index (κ3) is 4.08. The minimum Gasteiger partial charge on any atom is -0.341 e. The summed E-state index contributed by atoms with van der Waals surface area (Å²) in [4.78, 5) is 0. The van der Waals surface area contributed by atoms with Crippen molar-refractivity contribution in [3.05, 3.63) is 66.2 Å². The van der Waals surface area contributed by atoms with Crippen molar-refractivity contribution in [1.82, 2.24) is 0 Å². The van der Waals surface area contributed by atoms with E-state index in [2.05, 4.69) is 43.4 Å². The second-order valence-corrected chi connectivity index (χ2v) is 7.06. The summed E-state index contributed by atoms with van der Waals surface area (Å²) < 4.78 is 0.750. The summed E-state index contributed by atoms with van der Waals surface area (Å²) in [6, 6.07) is 20.5. The molecule has 0 saturated heterocycles. The molecule has 0 saturated carbocycles. The Morgan fingerprint density at radius 2 is 1.47 bits per heavy atom. The molecule has 1 N–H and O–H groups in total. The maximum atomic E-state index is 5.44. The van der Waals surface area contributed by atoms with Gasteiger partial charge in [0.25, 0.3) is 0 Å². The first-order valence-corrected chi connectivity index (χ1v) is 7.41. The highest BCUT2D eigenvalue weighted by molar-refractivity contribution is 8.23. The van der Waals surface area contributed by atoms with Gasteiger partial charge in [-0.05, 0) is 31.5 Å². The van der Waals surface area contributed by atoms with Gasteiger partial charge in [-0.25, -0.2) is 0 Å². The average Bonchev–Trinajstić information content (AvgIpc) is 2.40. The van der Waals surface area contributed by atoms with Crippen molar-refractivity contribution in [2.24, 2.45) is 0 Å². The Morgan fingerprint density at radius 3 is 2.05 bits per heavy atom. The van der Waals surface area contributed by atoms with Crippen LogP contribution in [-0.4, -0.2) is 4.32 Å². The Morgan fingerprint density at radius 1 is 0.947 bits per heavy atom. The molecule has 0 atom stereocenters. The number of hydrogen-bond acceptors (Lipinski definition) is 2. The molecule has 0 spiro atoms. The average molecular weight is 287 g/mol. The first-order valence-electron chi connectivity index (χ1n) is 6.18. The second-order valence-electron chi connectivity index (χ2n) is 4.76. The fraction of sp³-hybridized carbons (Fsp3) is 0.188. The molecule has 0 amide bonds. The summed E-state index contributed by atoms with van der Waals surface area (Å²) in [5, 5.41) is 3.26. The van der Waals surface area contributed by atoms with Crippen LogP contribution in [0, 0.1) is 0 Å². The standard InChI is InChI=1S/C16H17NS2/c1-16(2,13-9-5-3-6-10-13)19-15(18)17-14-11-7-4-8-12-14/h3-12H,1-2H3,(H,17,18). The molecule has 0 fully saturated rings. The Balaban J connectivity index is 2.02. The molecular formula is C16H17NS2. The van der Waals surface area contributed by atoms with Gasteiger partial charge in [-0.1, -0.05) is 72.5 Å². The van der Waals surface area contributed by atoms with Gasteiger partial charge in [-0.2, -0.15) is 0 Å². The van der Waals surface area contributed by atoms with E-state index >= 15 is 0 Å². The molecule has 2 rings (SSSR count). The second kappa shape index (κ2) is 6.22. The predicted molar refractivity (Wildman–Crippen MR) is 89.7 cm³/mol. The first kappa shape index (κ1) is 14.1. The fourth-order valence-corrected chi connectivity index (χ4v) is 3.42. The van der Waals surface area contributed by atoms with Crippen LogP contribution >= 0.6 is 24.0 Å². The van der Waals surface area contributed by atoms with E-state index in [9.17, 15) is 0 Å². The topological polar surface area (TPSA) is 12.0 Å². The number of thiocarbonyl (C=S) groups is 1. The maximum absolute atomic E-state index is 5.44. The molecule has 0 aliphatic rings. The zero-order valence-corrected chi connectivity index (χ0v) is 12.7. The highest BCUT2D eigenvalue weighted by Crippen LogP contribution is 2.36. The molecule has 0 radical (unpaired) electrons. The van der Waals surface area contributed by atoms with Crippen molar-refractivity contribution in [1.29, 1.82) is 0 Å². The van der Waals surface area contributed by atoms with E-state index in [4.69, 9.17) is 12.2 Å². The van der Waals surface area contributed by atoms with Gasteiger partial charge >= 0.3 is 0 Å². The summed E-state index contributed by atoms with van der Waals surface area (Å²) in [6.07, 6.45) is 0. The lowest BCUT2D eigenvalue weighted by Gasteiger charge is -2.25. The lowest BCUT2D eigenvalue weighted by molar-refractivity contribution is 0.788. The molecule has 0 unspecified atom stereocenters. The van der Waals surface area contributed by atoms with Gasteiger partial charge in [0.15, 0.2) is 0 Å². The molecular weight excluding hydrogens is 270 g/mol. The lowest BCUT2D eigenvalue weighted by Crippen LogP contribution is -2.18. The van der Waals surface area contributed by atoms with Gasteiger partial charge < -0.3 is 5.32 Å². The van der Waals surface area contributed by atoms with E-state index in [1.165, 1.54) is 5.56 Å². The highest BCUT2D eigenvalue weighted by atomic mass is 32.2. The van der Waals surface area contributed by atoms with Crippen LogP contribution in [0.3, 0.4) is 0 Å². The highest BCUT2D eigenvalue weighted by Gasteiger charge is 2.23. The first-order chi connectivity index (χ1) is 9.08. The van der Waals surface area contributed by atoms with E-state index in [1.54, 1.807) is 11.8 Å². The minimum atomic E-state index is -0.0415. The van der Waals surface area contributed by atoms with Gasteiger partial charge in [0, 0.05) is 10.4 Å². The normalized spacial score (nSPS) is 11.1. The molecule has 0 aromatic heterocycles. The van der Waals surface area contributed by atoms with Crippen molar-refractivity contribution in [2.45, 2.75) is 18.6 Å². The molecule has 0 heterocycles. The van der Waals surface area contributed by atoms with Crippen LogP contribution in [-0.2, 0) is 4.75 Å². The van der Waals surface area contributed by atoms with E-state index in [-0.39, 0.29) is 4.75 Å². The molecule has 98 valence electrons. The van der Waals surface area contributed by atoms with Gasteiger partial charge in [0.2, 0.25) is 0 Å². The SMILES string of the molecule is CC(C)(SC(=S)Nc1ccccc1)c1ccccc1. The van der Waals surface area contributed by atoms with Crippen LogP contribution < -0.4 is 5.32 Å². The van der Waals surface area contributed by atoms with Crippen molar-refractivity contribution in [3.8, 4) is 0 Å². The van der Waals surface area contributed by atoms with Crippen LogP contribution in [0.15, 0.2) is 60.7 Å². The predicted octanol–water partition coefficient (Wildman–Crippen LogP) is 5.05. The molecule has 0 aliphatic heterocycles. The molecule has 3 heteroatoms.